The molecule has 1 heterocycles. The van der Waals surface area contributed by atoms with E-state index in [0.717, 1.165) is 45.1 Å². The van der Waals surface area contributed by atoms with Crippen LogP contribution in [0.2, 0.25) is 0 Å². The average molecular weight is 427 g/mol. The molecule has 4 aromatic carbocycles. The topological polar surface area (TPSA) is 37.9 Å². The lowest BCUT2D eigenvalue weighted by atomic mass is 10.1. The van der Waals surface area contributed by atoms with Crippen molar-refractivity contribution in [2.75, 3.05) is 0 Å². The molecule has 3 heteroatoms. The van der Waals surface area contributed by atoms with E-state index in [-0.39, 0.29) is 0 Å². The molecule has 5 rings (SSSR count). The second-order valence-electron chi connectivity index (χ2n) is 7.60. The largest absolute Gasteiger partial charge is 0.456 e. The molecule has 0 saturated carbocycles. The van der Waals surface area contributed by atoms with Gasteiger partial charge in [-0.05, 0) is 47.5 Å². The van der Waals surface area contributed by atoms with Crippen LogP contribution in [-0.4, -0.2) is 12.4 Å². The summed E-state index contributed by atoms with van der Waals surface area (Å²) < 4.78 is 6.13. The quantitative estimate of drug-likeness (QED) is 0.253. The highest BCUT2D eigenvalue weighted by Gasteiger charge is 2.07. The van der Waals surface area contributed by atoms with Gasteiger partial charge in [0.1, 0.15) is 11.5 Å². The van der Waals surface area contributed by atoms with E-state index in [0.29, 0.717) is 0 Å². The summed E-state index contributed by atoms with van der Waals surface area (Å²) in [5.41, 5.74) is 6.03. The molecule has 0 aliphatic carbocycles. The maximum atomic E-state index is 6.13. The summed E-state index contributed by atoms with van der Waals surface area (Å²) in [6, 6.07) is 40.3. The molecule has 0 atom stereocenters. The van der Waals surface area contributed by atoms with Crippen LogP contribution >= 0.6 is 0 Å². The SMILES string of the molecule is C(=N\c1ccccc1)/c1ccc(-c2ccc(-c3ccc(/C=N/c4ccccc4)cc3)o2)cc1. The lowest BCUT2D eigenvalue weighted by Gasteiger charge is -2.01. The van der Waals surface area contributed by atoms with Crippen molar-refractivity contribution in [3.05, 3.63) is 132 Å². The van der Waals surface area contributed by atoms with E-state index in [4.69, 9.17) is 4.42 Å². The highest BCUT2D eigenvalue weighted by molar-refractivity contribution is 5.84. The van der Waals surface area contributed by atoms with Crippen LogP contribution in [0.3, 0.4) is 0 Å². The van der Waals surface area contributed by atoms with E-state index in [1.54, 1.807) is 0 Å². The summed E-state index contributed by atoms with van der Waals surface area (Å²) in [6.07, 6.45) is 3.74. The summed E-state index contributed by atoms with van der Waals surface area (Å²) in [4.78, 5) is 9.00. The van der Waals surface area contributed by atoms with Gasteiger partial charge in [-0.3, -0.25) is 9.98 Å². The predicted octanol–water partition coefficient (Wildman–Crippen LogP) is 8.11. The van der Waals surface area contributed by atoms with Crippen molar-refractivity contribution < 1.29 is 4.42 Å². The van der Waals surface area contributed by atoms with Gasteiger partial charge in [0, 0.05) is 23.6 Å². The molecular weight excluding hydrogens is 404 g/mol. The molecule has 0 fully saturated rings. The van der Waals surface area contributed by atoms with Crippen LogP contribution < -0.4 is 0 Å². The highest BCUT2D eigenvalue weighted by Crippen LogP contribution is 2.29. The third-order valence-corrected chi connectivity index (χ3v) is 5.23. The standard InChI is InChI=1S/C30H22N2O/c1-3-7-27(8-4-1)31-21-23-11-15-25(16-12-23)29-19-20-30(33-29)26-17-13-24(14-18-26)22-32-28-9-5-2-6-10-28/h1-22H/b31-21+,32-22+. The molecule has 0 aliphatic rings. The monoisotopic (exact) mass is 426 g/mol. The van der Waals surface area contributed by atoms with Crippen molar-refractivity contribution in [3.63, 3.8) is 0 Å². The maximum absolute atomic E-state index is 6.13. The Hall–Kier alpha value is -4.50. The minimum absolute atomic E-state index is 0.839. The summed E-state index contributed by atoms with van der Waals surface area (Å²) in [5.74, 6) is 1.68. The van der Waals surface area contributed by atoms with E-state index >= 15 is 0 Å². The Morgan fingerprint density at radius 2 is 0.818 bits per heavy atom. The third-order valence-electron chi connectivity index (χ3n) is 5.23. The van der Waals surface area contributed by atoms with E-state index in [1.807, 2.05) is 109 Å². The van der Waals surface area contributed by atoms with Crippen molar-refractivity contribution in [3.8, 4) is 22.6 Å². The molecule has 33 heavy (non-hydrogen) atoms. The molecule has 0 spiro atoms. The van der Waals surface area contributed by atoms with Crippen LogP contribution in [-0.2, 0) is 0 Å². The van der Waals surface area contributed by atoms with E-state index in [2.05, 4.69) is 34.3 Å². The van der Waals surface area contributed by atoms with Gasteiger partial charge in [-0.1, -0.05) is 84.9 Å². The van der Waals surface area contributed by atoms with Gasteiger partial charge < -0.3 is 4.42 Å². The molecule has 0 amide bonds. The number of hydrogen-bond donors (Lipinski definition) is 0. The van der Waals surface area contributed by atoms with Crippen molar-refractivity contribution in [1.29, 1.82) is 0 Å². The summed E-state index contributed by atoms with van der Waals surface area (Å²) >= 11 is 0. The van der Waals surface area contributed by atoms with Gasteiger partial charge in [0.05, 0.1) is 11.4 Å². The number of benzene rings is 4. The number of rotatable bonds is 6. The maximum Gasteiger partial charge on any atom is 0.134 e. The van der Waals surface area contributed by atoms with Gasteiger partial charge in [-0.25, -0.2) is 0 Å². The van der Waals surface area contributed by atoms with Gasteiger partial charge in [0.15, 0.2) is 0 Å². The summed E-state index contributed by atoms with van der Waals surface area (Å²) in [6.45, 7) is 0. The van der Waals surface area contributed by atoms with Crippen molar-refractivity contribution in [2.24, 2.45) is 9.98 Å². The second kappa shape index (κ2) is 9.75. The van der Waals surface area contributed by atoms with Gasteiger partial charge in [0.25, 0.3) is 0 Å². The molecular formula is C30H22N2O. The molecule has 158 valence electrons. The third kappa shape index (κ3) is 5.23. The fourth-order valence-electron chi connectivity index (χ4n) is 3.44. The first-order valence-electron chi connectivity index (χ1n) is 10.8. The van der Waals surface area contributed by atoms with E-state index < -0.39 is 0 Å². The number of para-hydroxylation sites is 2. The number of aliphatic imine (C=N–C) groups is 2. The predicted molar refractivity (Wildman–Crippen MR) is 137 cm³/mol. The summed E-state index contributed by atoms with van der Waals surface area (Å²) in [5, 5.41) is 0. The molecule has 0 unspecified atom stereocenters. The molecule has 1 aromatic heterocycles. The van der Waals surface area contributed by atoms with E-state index in [9.17, 15) is 0 Å². The number of nitrogens with zero attached hydrogens (tertiary/aromatic N) is 2. The Balaban J connectivity index is 1.27. The molecule has 0 aliphatic heterocycles. The number of furan rings is 1. The normalized spacial score (nSPS) is 11.4. The molecule has 0 N–H and O–H groups in total. The van der Waals surface area contributed by atoms with Crippen LogP contribution in [0.15, 0.2) is 136 Å². The van der Waals surface area contributed by atoms with Gasteiger partial charge in [-0.15, -0.1) is 0 Å². The molecule has 5 aromatic rings. The molecule has 0 saturated heterocycles. The van der Waals surface area contributed by atoms with Crippen LogP contribution in [0.1, 0.15) is 11.1 Å². The second-order valence-corrected chi connectivity index (χ2v) is 7.60. The first kappa shape index (κ1) is 20.4. The highest BCUT2D eigenvalue weighted by atomic mass is 16.3. The first-order chi connectivity index (χ1) is 16.3. The Morgan fingerprint density at radius 1 is 0.424 bits per heavy atom. The van der Waals surface area contributed by atoms with Gasteiger partial charge in [0.2, 0.25) is 0 Å². The van der Waals surface area contributed by atoms with Crippen molar-refractivity contribution in [1.82, 2.24) is 0 Å². The number of hydrogen-bond acceptors (Lipinski definition) is 3. The van der Waals surface area contributed by atoms with Gasteiger partial charge >= 0.3 is 0 Å². The fourth-order valence-corrected chi connectivity index (χ4v) is 3.44. The Morgan fingerprint density at radius 3 is 1.21 bits per heavy atom. The average Bonchev–Trinajstić information content (AvgIpc) is 3.38. The molecule has 0 radical (unpaired) electrons. The van der Waals surface area contributed by atoms with Crippen LogP contribution in [0.4, 0.5) is 11.4 Å². The lowest BCUT2D eigenvalue weighted by molar-refractivity contribution is 0.597. The molecule has 0 bridgehead atoms. The minimum Gasteiger partial charge on any atom is -0.456 e. The van der Waals surface area contributed by atoms with Crippen LogP contribution in [0, 0.1) is 0 Å². The van der Waals surface area contributed by atoms with Crippen molar-refractivity contribution in [2.45, 2.75) is 0 Å². The van der Waals surface area contributed by atoms with Crippen LogP contribution in [0.25, 0.3) is 22.6 Å². The van der Waals surface area contributed by atoms with Crippen molar-refractivity contribution >= 4 is 23.8 Å². The lowest BCUT2D eigenvalue weighted by Crippen LogP contribution is -1.82. The van der Waals surface area contributed by atoms with Gasteiger partial charge in [-0.2, -0.15) is 0 Å². The summed E-state index contributed by atoms with van der Waals surface area (Å²) in [7, 11) is 0. The smallest absolute Gasteiger partial charge is 0.134 e. The molecule has 3 nitrogen and oxygen atoms in total. The minimum atomic E-state index is 0.839. The Labute approximate surface area is 193 Å². The Kier molecular flexibility index (Phi) is 6.03. The van der Waals surface area contributed by atoms with E-state index in [1.165, 1.54) is 0 Å². The zero-order valence-corrected chi connectivity index (χ0v) is 18.0. The Bertz CT molecular complexity index is 1260. The first-order valence-corrected chi connectivity index (χ1v) is 10.8. The van der Waals surface area contributed by atoms with Crippen LogP contribution in [0.5, 0.6) is 0 Å². The zero-order valence-electron chi connectivity index (χ0n) is 18.0. The zero-order chi connectivity index (χ0) is 22.3. The fraction of sp³-hybridized carbons (Fsp3) is 0.